The van der Waals surface area contributed by atoms with Crippen LogP contribution >= 0.6 is 0 Å². The predicted molar refractivity (Wildman–Crippen MR) is 90.1 cm³/mol. The molecule has 0 aliphatic carbocycles. The number of nitrogen functional groups attached to an aromatic ring is 1. The van der Waals surface area contributed by atoms with E-state index < -0.39 is 0 Å². The zero-order valence-electron chi connectivity index (χ0n) is 13.0. The van der Waals surface area contributed by atoms with Gasteiger partial charge in [0.15, 0.2) is 11.5 Å². The molecular formula is C17H19N5O. The predicted octanol–water partition coefficient (Wildman–Crippen LogP) is 2.51. The van der Waals surface area contributed by atoms with E-state index in [2.05, 4.69) is 22.3 Å². The Kier molecular flexibility index (Phi) is 4.23. The highest BCUT2D eigenvalue weighted by Crippen LogP contribution is 2.19. The standard InChI is InChI=1S/C17H19N5O/c1-2-3-9-19-17(23)13-10-14(18)22-15(11-13)20-16(21-22)12-7-5-4-6-8-12/h4-8,10-11H,2-3,9,18H2,1H3,(H,19,23). The molecule has 6 heteroatoms. The maximum absolute atomic E-state index is 12.2. The van der Waals surface area contributed by atoms with Gasteiger partial charge in [0.1, 0.15) is 5.82 Å². The number of hydrogen-bond donors (Lipinski definition) is 2. The molecule has 0 atom stereocenters. The van der Waals surface area contributed by atoms with Gasteiger partial charge in [-0.25, -0.2) is 4.98 Å². The first-order valence-electron chi connectivity index (χ1n) is 7.69. The summed E-state index contributed by atoms with van der Waals surface area (Å²) in [5.74, 6) is 0.829. The number of nitrogens with one attached hydrogen (secondary N) is 1. The second-order valence-electron chi connectivity index (χ2n) is 5.35. The lowest BCUT2D eigenvalue weighted by molar-refractivity contribution is 0.0953. The summed E-state index contributed by atoms with van der Waals surface area (Å²) < 4.78 is 1.55. The number of hydrogen-bond acceptors (Lipinski definition) is 4. The first kappa shape index (κ1) is 15.0. The Morgan fingerprint density at radius 2 is 2.04 bits per heavy atom. The number of pyridine rings is 1. The van der Waals surface area contributed by atoms with E-state index >= 15 is 0 Å². The quantitative estimate of drug-likeness (QED) is 0.709. The Hall–Kier alpha value is -2.89. The normalized spacial score (nSPS) is 10.8. The summed E-state index contributed by atoms with van der Waals surface area (Å²) >= 11 is 0. The van der Waals surface area contributed by atoms with Gasteiger partial charge in [-0.2, -0.15) is 4.52 Å². The third-order valence-corrected chi connectivity index (χ3v) is 3.57. The fraction of sp³-hybridized carbons (Fsp3) is 0.235. The minimum absolute atomic E-state index is 0.142. The molecule has 0 fully saturated rings. The van der Waals surface area contributed by atoms with E-state index in [0.717, 1.165) is 18.4 Å². The van der Waals surface area contributed by atoms with Crippen LogP contribution < -0.4 is 11.1 Å². The summed E-state index contributed by atoms with van der Waals surface area (Å²) in [7, 11) is 0. The van der Waals surface area contributed by atoms with Gasteiger partial charge in [-0.3, -0.25) is 4.79 Å². The van der Waals surface area contributed by atoms with Crippen LogP contribution in [0.3, 0.4) is 0 Å². The fourth-order valence-electron chi connectivity index (χ4n) is 2.33. The topological polar surface area (TPSA) is 85.3 Å². The molecule has 0 radical (unpaired) electrons. The lowest BCUT2D eigenvalue weighted by atomic mass is 10.2. The van der Waals surface area contributed by atoms with Gasteiger partial charge in [-0.1, -0.05) is 43.7 Å². The highest BCUT2D eigenvalue weighted by Gasteiger charge is 2.13. The van der Waals surface area contributed by atoms with Crippen LogP contribution in [0, 0.1) is 0 Å². The summed E-state index contributed by atoms with van der Waals surface area (Å²) in [5, 5.41) is 7.29. The zero-order valence-corrected chi connectivity index (χ0v) is 13.0. The molecule has 1 aromatic carbocycles. The van der Waals surface area contributed by atoms with Crippen molar-refractivity contribution in [1.82, 2.24) is 19.9 Å². The van der Waals surface area contributed by atoms with Crippen molar-refractivity contribution in [3.8, 4) is 11.4 Å². The van der Waals surface area contributed by atoms with Gasteiger partial charge >= 0.3 is 0 Å². The molecule has 0 aliphatic rings. The number of anilines is 1. The molecule has 0 saturated carbocycles. The van der Waals surface area contributed by atoms with Crippen LogP contribution in [0.5, 0.6) is 0 Å². The molecule has 2 aromatic heterocycles. The highest BCUT2D eigenvalue weighted by atomic mass is 16.1. The number of aromatic nitrogens is 3. The Bertz CT molecular complexity index is 826. The van der Waals surface area contributed by atoms with E-state index in [1.54, 1.807) is 16.6 Å². The Morgan fingerprint density at radius 1 is 1.26 bits per heavy atom. The van der Waals surface area contributed by atoms with Crippen LogP contribution in [0.25, 0.3) is 17.0 Å². The summed E-state index contributed by atoms with van der Waals surface area (Å²) in [6.45, 7) is 2.74. The number of rotatable bonds is 5. The fourth-order valence-corrected chi connectivity index (χ4v) is 2.33. The molecule has 0 saturated heterocycles. The molecule has 6 nitrogen and oxygen atoms in total. The summed E-state index contributed by atoms with van der Waals surface area (Å²) in [5.41, 5.74) is 7.99. The average molecular weight is 309 g/mol. The van der Waals surface area contributed by atoms with Crippen LogP contribution in [0.2, 0.25) is 0 Å². The molecule has 0 bridgehead atoms. The lowest BCUT2D eigenvalue weighted by Crippen LogP contribution is -2.24. The van der Waals surface area contributed by atoms with Gasteiger partial charge in [-0.05, 0) is 18.6 Å². The second-order valence-corrected chi connectivity index (χ2v) is 5.35. The van der Waals surface area contributed by atoms with E-state index in [4.69, 9.17) is 5.73 Å². The van der Waals surface area contributed by atoms with Crippen LogP contribution in [0.15, 0.2) is 42.5 Å². The van der Waals surface area contributed by atoms with Gasteiger partial charge < -0.3 is 11.1 Å². The molecular weight excluding hydrogens is 290 g/mol. The molecule has 118 valence electrons. The first-order chi connectivity index (χ1) is 11.2. The number of fused-ring (bicyclic) bond motifs is 1. The van der Waals surface area contributed by atoms with Crippen molar-refractivity contribution >= 4 is 17.4 Å². The maximum atomic E-state index is 12.2. The van der Waals surface area contributed by atoms with E-state index in [9.17, 15) is 4.79 Å². The number of nitrogens with two attached hydrogens (primary N) is 1. The number of amides is 1. The number of nitrogens with zero attached hydrogens (tertiary/aromatic N) is 3. The number of unbranched alkanes of at least 4 members (excludes halogenated alkanes) is 1. The van der Waals surface area contributed by atoms with Crippen molar-refractivity contribution in [1.29, 1.82) is 0 Å². The monoisotopic (exact) mass is 309 g/mol. The van der Waals surface area contributed by atoms with Gasteiger partial charge in [0.25, 0.3) is 5.91 Å². The first-order valence-corrected chi connectivity index (χ1v) is 7.69. The van der Waals surface area contributed by atoms with Crippen molar-refractivity contribution in [3.05, 3.63) is 48.0 Å². The smallest absolute Gasteiger partial charge is 0.251 e. The van der Waals surface area contributed by atoms with Crippen molar-refractivity contribution in [2.45, 2.75) is 19.8 Å². The van der Waals surface area contributed by atoms with E-state index in [1.807, 2.05) is 30.3 Å². The summed E-state index contributed by atoms with van der Waals surface area (Å²) in [6.07, 6.45) is 1.98. The Labute approximate surface area is 134 Å². The number of carbonyl (C=O) groups is 1. The van der Waals surface area contributed by atoms with Gasteiger partial charge in [0, 0.05) is 17.7 Å². The average Bonchev–Trinajstić information content (AvgIpc) is 3.00. The maximum Gasteiger partial charge on any atom is 0.251 e. The zero-order chi connectivity index (χ0) is 16.2. The Balaban J connectivity index is 1.93. The molecule has 2 heterocycles. The van der Waals surface area contributed by atoms with E-state index in [1.165, 1.54) is 0 Å². The molecule has 3 rings (SSSR count). The highest BCUT2D eigenvalue weighted by molar-refractivity contribution is 5.95. The van der Waals surface area contributed by atoms with Gasteiger partial charge in [-0.15, -0.1) is 5.10 Å². The third kappa shape index (κ3) is 3.15. The molecule has 1 amide bonds. The van der Waals surface area contributed by atoms with E-state index in [-0.39, 0.29) is 5.91 Å². The van der Waals surface area contributed by atoms with Crippen molar-refractivity contribution < 1.29 is 4.79 Å². The minimum atomic E-state index is -0.142. The Morgan fingerprint density at radius 3 is 2.78 bits per heavy atom. The summed E-state index contributed by atoms with van der Waals surface area (Å²) in [6, 6.07) is 13.0. The van der Waals surface area contributed by atoms with Crippen molar-refractivity contribution in [3.63, 3.8) is 0 Å². The SMILES string of the molecule is CCCCNC(=O)c1cc(N)n2nc(-c3ccccc3)nc2c1. The molecule has 23 heavy (non-hydrogen) atoms. The lowest BCUT2D eigenvalue weighted by Gasteiger charge is -2.05. The number of benzene rings is 1. The summed E-state index contributed by atoms with van der Waals surface area (Å²) in [4.78, 5) is 16.6. The molecule has 3 N–H and O–H groups in total. The molecule has 3 aromatic rings. The van der Waals surface area contributed by atoms with Gasteiger partial charge in [0.2, 0.25) is 0 Å². The van der Waals surface area contributed by atoms with Crippen LogP contribution in [0.4, 0.5) is 5.82 Å². The van der Waals surface area contributed by atoms with Gasteiger partial charge in [0.05, 0.1) is 0 Å². The second kappa shape index (κ2) is 6.48. The molecule has 0 spiro atoms. The van der Waals surface area contributed by atoms with Crippen LogP contribution in [0.1, 0.15) is 30.1 Å². The molecule has 0 aliphatic heterocycles. The van der Waals surface area contributed by atoms with Crippen LogP contribution in [-0.4, -0.2) is 27.0 Å². The van der Waals surface area contributed by atoms with Crippen molar-refractivity contribution in [2.75, 3.05) is 12.3 Å². The molecule has 0 unspecified atom stereocenters. The van der Waals surface area contributed by atoms with E-state index in [0.29, 0.717) is 29.4 Å². The van der Waals surface area contributed by atoms with Crippen LogP contribution in [-0.2, 0) is 0 Å². The largest absolute Gasteiger partial charge is 0.384 e. The third-order valence-electron chi connectivity index (χ3n) is 3.57. The number of carbonyl (C=O) groups excluding carboxylic acids is 1. The minimum Gasteiger partial charge on any atom is -0.384 e. The van der Waals surface area contributed by atoms with Crippen molar-refractivity contribution in [2.24, 2.45) is 0 Å².